The summed E-state index contributed by atoms with van der Waals surface area (Å²) in [4.78, 5) is 22.8. The van der Waals surface area contributed by atoms with Crippen LogP contribution in [0, 0.1) is 0 Å². The maximum absolute atomic E-state index is 13.3. The van der Waals surface area contributed by atoms with Crippen molar-refractivity contribution in [3.8, 4) is 0 Å². The van der Waals surface area contributed by atoms with Crippen molar-refractivity contribution >= 4 is 68.6 Å². The van der Waals surface area contributed by atoms with Crippen molar-refractivity contribution in [1.82, 2.24) is 9.88 Å². The third-order valence-electron chi connectivity index (χ3n) is 5.83. The van der Waals surface area contributed by atoms with Crippen LogP contribution in [0.5, 0.6) is 0 Å². The van der Waals surface area contributed by atoms with Gasteiger partial charge in [0.2, 0.25) is 0 Å². The predicted molar refractivity (Wildman–Crippen MR) is 138 cm³/mol. The second kappa shape index (κ2) is 9.22. The SMILES string of the molecule is O=C1/C(=C/c2cc3ccccc3nc2N2CCCCC2)SC(=S)N1Cc1ccccc1Cl. The molecule has 0 radical (unpaired) electrons. The molecule has 2 fully saturated rings. The number of piperidine rings is 1. The fourth-order valence-corrected chi connectivity index (χ4v) is 5.60. The van der Waals surface area contributed by atoms with E-state index in [1.54, 1.807) is 4.90 Å². The Hall–Kier alpha value is -2.41. The van der Waals surface area contributed by atoms with Crippen molar-refractivity contribution in [1.29, 1.82) is 0 Å². The smallest absolute Gasteiger partial charge is 0.266 e. The average molecular weight is 480 g/mol. The van der Waals surface area contributed by atoms with E-state index in [0.29, 0.717) is 20.8 Å². The molecule has 4 nitrogen and oxygen atoms in total. The van der Waals surface area contributed by atoms with E-state index >= 15 is 0 Å². The summed E-state index contributed by atoms with van der Waals surface area (Å²) in [6.45, 7) is 2.34. The first-order chi connectivity index (χ1) is 15.6. The number of amides is 1. The number of thiocarbonyl (C=S) groups is 1. The molecule has 0 saturated carbocycles. The second-order valence-electron chi connectivity index (χ2n) is 8.00. The van der Waals surface area contributed by atoms with E-state index in [4.69, 9.17) is 28.8 Å². The van der Waals surface area contributed by atoms with Gasteiger partial charge in [-0.1, -0.05) is 72.0 Å². The molecule has 2 aliphatic heterocycles. The number of anilines is 1. The first-order valence-electron chi connectivity index (χ1n) is 10.7. The molecule has 0 unspecified atom stereocenters. The number of para-hydroxylation sites is 1. The van der Waals surface area contributed by atoms with E-state index < -0.39 is 0 Å². The molecule has 32 heavy (non-hydrogen) atoms. The van der Waals surface area contributed by atoms with Crippen LogP contribution in [0.2, 0.25) is 5.02 Å². The van der Waals surface area contributed by atoms with Gasteiger partial charge in [-0.2, -0.15) is 0 Å². The lowest BCUT2D eigenvalue weighted by atomic mass is 10.1. The van der Waals surface area contributed by atoms with Crippen LogP contribution >= 0.6 is 35.6 Å². The summed E-state index contributed by atoms with van der Waals surface area (Å²) in [5.74, 6) is 0.859. The van der Waals surface area contributed by atoms with Gasteiger partial charge in [0.15, 0.2) is 0 Å². The molecule has 1 amide bonds. The van der Waals surface area contributed by atoms with Crippen LogP contribution in [0.4, 0.5) is 5.82 Å². The second-order valence-corrected chi connectivity index (χ2v) is 10.1. The highest BCUT2D eigenvalue weighted by Crippen LogP contribution is 2.36. The van der Waals surface area contributed by atoms with Crippen molar-refractivity contribution in [3.63, 3.8) is 0 Å². The molecule has 0 bridgehead atoms. The van der Waals surface area contributed by atoms with Crippen LogP contribution in [0.15, 0.2) is 59.5 Å². The molecule has 1 aromatic heterocycles. The van der Waals surface area contributed by atoms with Crippen molar-refractivity contribution in [2.75, 3.05) is 18.0 Å². The van der Waals surface area contributed by atoms with Gasteiger partial charge < -0.3 is 4.90 Å². The van der Waals surface area contributed by atoms with Gasteiger partial charge >= 0.3 is 0 Å². The first kappa shape index (κ1) is 21.4. The molecule has 0 N–H and O–H groups in total. The lowest BCUT2D eigenvalue weighted by Gasteiger charge is -2.29. The number of nitrogens with zero attached hydrogens (tertiary/aromatic N) is 3. The van der Waals surface area contributed by atoms with Gasteiger partial charge in [-0.05, 0) is 49.1 Å². The quantitative estimate of drug-likeness (QED) is 0.325. The number of fused-ring (bicyclic) bond motifs is 1. The summed E-state index contributed by atoms with van der Waals surface area (Å²) in [5.41, 5.74) is 2.81. The van der Waals surface area contributed by atoms with Crippen LogP contribution in [-0.2, 0) is 11.3 Å². The predicted octanol–water partition coefficient (Wildman–Crippen LogP) is 6.28. The Morgan fingerprint density at radius 3 is 2.62 bits per heavy atom. The van der Waals surface area contributed by atoms with E-state index in [0.717, 1.165) is 53.8 Å². The molecule has 0 atom stereocenters. The molecule has 3 aromatic rings. The molecule has 2 aliphatic rings. The molecule has 0 aliphatic carbocycles. The van der Waals surface area contributed by atoms with Crippen LogP contribution in [0.25, 0.3) is 17.0 Å². The van der Waals surface area contributed by atoms with Gasteiger partial charge in [0.25, 0.3) is 5.91 Å². The van der Waals surface area contributed by atoms with E-state index in [-0.39, 0.29) is 5.91 Å². The van der Waals surface area contributed by atoms with E-state index in [9.17, 15) is 4.79 Å². The van der Waals surface area contributed by atoms with Gasteiger partial charge in [-0.25, -0.2) is 4.98 Å². The first-order valence-corrected chi connectivity index (χ1v) is 12.3. The minimum absolute atomic E-state index is 0.0855. The number of hydrogen-bond acceptors (Lipinski definition) is 5. The number of hydrogen-bond donors (Lipinski definition) is 0. The number of halogens is 1. The normalized spacial score (nSPS) is 18.2. The Labute approximate surface area is 202 Å². The number of benzene rings is 2. The highest BCUT2D eigenvalue weighted by atomic mass is 35.5. The number of thioether (sulfide) groups is 1. The Balaban J connectivity index is 1.51. The monoisotopic (exact) mass is 479 g/mol. The maximum atomic E-state index is 13.3. The van der Waals surface area contributed by atoms with E-state index in [2.05, 4.69) is 17.0 Å². The summed E-state index contributed by atoms with van der Waals surface area (Å²) in [6, 6.07) is 17.8. The lowest BCUT2D eigenvalue weighted by Crippen LogP contribution is -2.30. The standard InChI is InChI=1S/C25H22ClN3OS2/c26-20-10-4-2-9-18(20)16-29-24(30)22(32-25(29)31)15-19-14-17-8-3-5-11-21(17)27-23(19)28-12-6-1-7-13-28/h2-5,8-11,14-15H,1,6-7,12-13,16H2/b22-15-. The summed E-state index contributed by atoms with van der Waals surface area (Å²) in [7, 11) is 0. The van der Waals surface area contributed by atoms with Crippen LogP contribution in [0.3, 0.4) is 0 Å². The van der Waals surface area contributed by atoms with Crippen LogP contribution in [0.1, 0.15) is 30.4 Å². The number of rotatable bonds is 4. The topological polar surface area (TPSA) is 36.4 Å². The Bertz CT molecular complexity index is 1240. The number of aromatic nitrogens is 1. The molecule has 2 aromatic carbocycles. The fourth-order valence-electron chi connectivity index (χ4n) is 4.16. The summed E-state index contributed by atoms with van der Waals surface area (Å²) in [5, 5.41) is 1.70. The molecule has 2 saturated heterocycles. The molecule has 5 rings (SSSR count). The van der Waals surface area contributed by atoms with Crippen molar-refractivity contribution in [2.24, 2.45) is 0 Å². The van der Waals surface area contributed by atoms with Crippen LogP contribution in [-0.4, -0.2) is 33.2 Å². The largest absolute Gasteiger partial charge is 0.356 e. The third kappa shape index (κ3) is 4.27. The number of carbonyl (C=O) groups is 1. The van der Waals surface area contributed by atoms with Crippen molar-refractivity contribution < 1.29 is 4.79 Å². The molecular formula is C25H22ClN3OS2. The van der Waals surface area contributed by atoms with E-state index in [1.165, 1.54) is 18.2 Å². The van der Waals surface area contributed by atoms with Gasteiger partial charge in [-0.3, -0.25) is 9.69 Å². The average Bonchev–Trinajstić information content (AvgIpc) is 3.08. The summed E-state index contributed by atoms with van der Waals surface area (Å²) in [6.07, 6.45) is 5.52. The molecule has 7 heteroatoms. The highest BCUT2D eigenvalue weighted by molar-refractivity contribution is 8.26. The Morgan fingerprint density at radius 1 is 1.06 bits per heavy atom. The molecule has 3 heterocycles. The minimum Gasteiger partial charge on any atom is -0.356 e. The fraction of sp³-hybridized carbons (Fsp3) is 0.240. The van der Waals surface area contributed by atoms with Gasteiger partial charge in [0.1, 0.15) is 10.1 Å². The zero-order valence-electron chi connectivity index (χ0n) is 17.5. The Kier molecular flexibility index (Phi) is 6.17. The minimum atomic E-state index is -0.0855. The Morgan fingerprint density at radius 2 is 1.81 bits per heavy atom. The van der Waals surface area contributed by atoms with Gasteiger partial charge in [0, 0.05) is 29.1 Å². The van der Waals surface area contributed by atoms with Gasteiger partial charge in [0.05, 0.1) is 17.0 Å². The van der Waals surface area contributed by atoms with Gasteiger partial charge in [-0.15, -0.1) is 0 Å². The molecular weight excluding hydrogens is 458 g/mol. The van der Waals surface area contributed by atoms with Crippen molar-refractivity contribution in [2.45, 2.75) is 25.8 Å². The zero-order chi connectivity index (χ0) is 22.1. The summed E-state index contributed by atoms with van der Waals surface area (Å²) >= 11 is 13.2. The van der Waals surface area contributed by atoms with E-state index in [1.807, 2.05) is 48.5 Å². The highest BCUT2D eigenvalue weighted by Gasteiger charge is 2.33. The van der Waals surface area contributed by atoms with Crippen LogP contribution < -0.4 is 4.90 Å². The zero-order valence-corrected chi connectivity index (χ0v) is 19.8. The lowest BCUT2D eigenvalue weighted by molar-refractivity contribution is -0.122. The third-order valence-corrected chi connectivity index (χ3v) is 7.58. The summed E-state index contributed by atoms with van der Waals surface area (Å²) < 4.78 is 0.550. The number of carbonyl (C=O) groups excluding carboxylic acids is 1. The molecule has 0 spiro atoms. The number of pyridine rings is 1. The van der Waals surface area contributed by atoms with Crippen molar-refractivity contribution in [3.05, 3.63) is 75.7 Å². The maximum Gasteiger partial charge on any atom is 0.266 e. The molecule has 162 valence electrons.